The SMILES string of the molecule is Cc1ccc(C(=O)Nc2nc(-c3ccccc3OCCN(C)C)cs2)cc1C. The van der Waals surface area contributed by atoms with Gasteiger partial charge in [0.2, 0.25) is 0 Å². The number of hydrogen-bond donors (Lipinski definition) is 1. The van der Waals surface area contributed by atoms with E-state index >= 15 is 0 Å². The molecule has 6 heteroatoms. The van der Waals surface area contributed by atoms with Crippen molar-refractivity contribution in [2.24, 2.45) is 0 Å². The molecule has 0 unspecified atom stereocenters. The first-order valence-electron chi connectivity index (χ1n) is 9.15. The number of nitrogens with one attached hydrogen (secondary N) is 1. The summed E-state index contributed by atoms with van der Waals surface area (Å²) in [5, 5.41) is 5.40. The molecule has 0 spiro atoms. The van der Waals surface area contributed by atoms with Crippen LogP contribution < -0.4 is 10.1 Å². The third kappa shape index (κ3) is 4.97. The van der Waals surface area contributed by atoms with Gasteiger partial charge in [0.15, 0.2) is 5.13 Å². The number of likely N-dealkylation sites (N-methyl/N-ethyl adjacent to an activating group) is 1. The van der Waals surface area contributed by atoms with Gasteiger partial charge in [-0.1, -0.05) is 18.2 Å². The van der Waals surface area contributed by atoms with Crippen molar-refractivity contribution in [3.63, 3.8) is 0 Å². The van der Waals surface area contributed by atoms with Crippen LogP contribution >= 0.6 is 11.3 Å². The number of para-hydroxylation sites is 1. The molecule has 0 saturated heterocycles. The fourth-order valence-corrected chi connectivity index (χ4v) is 3.35. The summed E-state index contributed by atoms with van der Waals surface area (Å²) in [6.07, 6.45) is 0. The van der Waals surface area contributed by atoms with Crippen LogP contribution in [0.5, 0.6) is 5.75 Å². The quantitative estimate of drug-likeness (QED) is 0.634. The number of thiazole rings is 1. The molecule has 5 nitrogen and oxygen atoms in total. The van der Waals surface area contributed by atoms with Gasteiger partial charge in [-0.3, -0.25) is 10.1 Å². The molecule has 3 rings (SSSR count). The fraction of sp³-hybridized carbons (Fsp3) is 0.273. The van der Waals surface area contributed by atoms with Gasteiger partial charge in [-0.05, 0) is 63.3 Å². The average molecular weight is 396 g/mol. The number of carbonyl (C=O) groups excluding carboxylic acids is 1. The molecule has 28 heavy (non-hydrogen) atoms. The number of benzene rings is 2. The van der Waals surface area contributed by atoms with Crippen LogP contribution in [0.2, 0.25) is 0 Å². The fourth-order valence-electron chi connectivity index (χ4n) is 2.65. The van der Waals surface area contributed by atoms with E-state index in [1.54, 1.807) is 0 Å². The van der Waals surface area contributed by atoms with E-state index in [9.17, 15) is 4.79 Å². The van der Waals surface area contributed by atoms with Crippen molar-refractivity contribution in [3.05, 3.63) is 64.5 Å². The first kappa shape index (κ1) is 20.0. The largest absolute Gasteiger partial charge is 0.492 e. The molecule has 0 bridgehead atoms. The third-order valence-electron chi connectivity index (χ3n) is 4.45. The molecule has 2 aromatic carbocycles. The lowest BCUT2D eigenvalue weighted by Crippen LogP contribution is -2.19. The second-order valence-corrected chi connectivity index (χ2v) is 7.80. The number of aromatic nitrogens is 1. The lowest BCUT2D eigenvalue weighted by molar-refractivity contribution is 0.102. The van der Waals surface area contributed by atoms with Crippen molar-refractivity contribution < 1.29 is 9.53 Å². The van der Waals surface area contributed by atoms with Gasteiger partial charge in [0.25, 0.3) is 5.91 Å². The second-order valence-electron chi connectivity index (χ2n) is 6.94. The van der Waals surface area contributed by atoms with Crippen molar-refractivity contribution in [2.45, 2.75) is 13.8 Å². The van der Waals surface area contributed by atoms with Gasteiger partial charge < -0.3 is 9.64 Å². The van der Waals surface area contributed by atoms with Gasteiger partial charge in [-0.25, -0.2) is 4.98 Å². The minimum Gasteiger partial charge on any atom is -0.492 e. The van der Waals surface area contributed by atoms with Gasteiger partial charge >= 0.3 is 0 Å². The Labute approximate surface area is 170 Å². The van der Waals surface area contributed by atoms with Crippen LogP contribution in [0.3, 0.4) is 0 Å². The van der Waals surface area contributed by atoms with Crippen molar-refractivity contribution in [2.75, 3.05) is 32.6 Å². The summed E-state index contributed by atoms with van der Waals surface area (Å²) in [6, 6.07) is 13.5. The molecule has 0 aliphatic rings. The van der Waals surface area contributed by atoms with Crippen LogP contribution in [0.25, 0.3) is 11.3 Å². The van der Waals surface area contributed by atoms with Crippen molar-refractivity contribution >= 4 is 22.4 Å². The summed E-state index contributed by atoms with van der Waals surface area (Å²) in [6.45, 7) is 5.47. The predicted octanol–water partition coefficient (Wildman–Crippen LogP) is 4.62. The summed E-state index contributed by atoms with van der Waals surface area (Å²) < 4.78 is 5.92. The summed E-state index contributed by atoms with van der Waals surface area (Å²) in [5.41, 5.74) is 4.60. The Balaban J connectivity index is 1.73. The highest BCUT2D eigenvalue weighted by Crippen LogP contribution is 2.32. The first-order chi connectivity index (χ1) is 13.4. The normalized spacial score (nSPS) is 10.9. The van der Waals surface area contributed by atoms with E-state index in [0.717, 1.165) is 29.1 Å². The van der Waals surface area contributed by atoms with Gasteiger partial charge in [0.1, 0.15) is 12.4 Å². The predicted molar refractivity (Wildman–Crippen MR) is 115 cm³/mol. The lowest BCUT2D eigenvalue weighted by atomic mass is 10.1. The number of rotatable bonds is 7. The van der Waals surface area contributed by atoms with Crippen molar-refractivity contribution in [1.29, 1.82) is 0 Å². The van der Waals surface area contributed by atoms with E-state index in [2.05, 4.69) is 15.2 Å². The molecule has 0 fully saturated rings. The molecular weight excluding hydrogens is 370 g/mol. The number of nitrogens with zero attached hydrogens (tertiary/aromatic N) is 2. The molecule has 146 valence electrons. The van der Waals surface area contributed by atoms with Gasteiger partial charge in [-0.2, -0.15) is 0 Å². The first-order valence-corrected chi connectivity index (χ1v) is 10.0. The van der Waals surface area contributed by atoms with E-state index < -0.39 is 0 Å². The summed E-state index contributed by atoms with van der Waals surface area (Å²) in [7, 11) is 4.03. The minimum absolute atomic E-state index is 0.153. The smallest absolute Gasteiger partial charge is 0.257 e. The highest BCUT2D eigenvalue weighted by atomic mass is 32.1. The number of amides is 1. The van der Waals surface area contributed by atoms with E-state index in [1.165, 1.54) is 16.9 Å². The molecule has 1 N–H and O–H groups in total. The zero-order valence-corrected chi connectivity index (χ0v) is 17.5. The van der Waals surface area contributed by atoms with Crippen molar-refractivity contribution in [3.8, 4) is 17.0 Å². The highest BCUT2D eigenvalue weighted by Gasteiger charge is 2.13. The number of carbonyl (C=O) groups is 1. The molecule has 0 atom stereocenters. The van der Waals surface area contributed by atoms with Crippen LogP contribution in [0.15, 0.2) is 47.8 Å². The maximum atomic E-state index is 12.5. The summed E-state index contributed by atoms with van der Waals surface area (Å²) in [5.74, 6) is 0.640. The van der Waals surface area contributed by atoms with E-state index in [1.807, 2.05) is 75.8 Å². The van der Waals surface area contributed by atoms with Crippen LogP contribution in [0, 0.1) is 13.8 Å². The number of ether oxygens (including phenoxy) is 1. The molecule has 0 radical (unpaired) electrons. The zero-order valence-electron chi connectivity index (χ0n) is 16.7. The topological polar surface area (TPSA) is 54.5 Å². The Bertz CT molecular complexity index is 966. The molecule has 0 aliphatic carbocycles. The van der Waals surface area contributed by atoms with E-state index in [4.69, 9.17) is 4.74 Å². The number of aryl methyl sites for hydroxylation is 2. The van der Waals surface area contributed by atoms with E-state index in [0.29, 0.717) is 17.3 Å². The van der Waals surface area contributed by atoms with Crippen LogP contribution in [0.1, 0.15) is 21.5 Å². The lowest BCUT2D eigenvalue weighted by Gasteiger charge is -2.13. The third-order valence-corrected chi connectivity index (χ3v) is 5.21. The second kappa shape index (κ2) is 8.99. The highest BCUT2D eigenvalue weighted by molar-refractivity contribution is 7.14. The Hall–Kier alpha value is -2.70. The van der Waals surface area contributed by atoms with Gasteiger partial charge in [0, 0.05) is 23.1 Å². The van der Waals surface area contributed by atoms with E-state index in [-0.39, 0.29) is 5.91 Å². The summed E-state index contributed by atoms with van der Waals surface area (Å²) >= 11 is 1.41. The Morgan fingerprint density at radius 1 is 1.14 bits per heavy atom. The monoisotopic (exact) mass is 395 g/mol. The van der Waals surface area contributed by atoms with Crippen molar-refractivity contribution in [1.82, 2.24) is 9.88 Å². The molecule has 0 saturated carbocycles. The molecule has 0 aliphatic heterocycles. The Morgan fingerprint density at radius 3 is 2.68 bits per heavy atom. The maximum absolute atomic E-state index is 12.5. The number of hydrogen-bond acceptors (Lipinski definition) is 5. The Morgan fingerprint density at radius 2 is 1.93 bits per heavy atom. The molecule has 1 aromatic heterocycles. The van der Waals surface area contributed by atoms with Crippen LogP contribution in [-0.2, 0) is 0 Å². The average Bonchev–Trinajstić information content (AvgIpc) is 3.12. The zero-order chi connectivity index (χ0) is 20.1. The molecule has 3 aromatic rings. The molecule has 1 heterocycles. The maximum Gasteiger partial charge on any atom is 0.257 e. The standard InChI is InChI=1S/C22H25N3O2S/c1-15-9-10-17(13-16(15)2)21(26)24-22-23-19(14-28-22)18-7-5-6-8-20(18)27-12-11-25(3)4/h5-10,13-14H,11-12H2,1-4H3,(H,23,24,26). The minimum atomic E-state index is -0.153. The molecular formula is C22H25N3O2S. The van der Waals surface area contributed by atoms with Crippen LogP contribution in [-0.4, -0.2) is 43.0 Å². The van der Waals surface area contributed by atoms with Gasteiger partial charge in [0.05, 0.1) is 5.69 Å². The molecule has 1 amide bonds. The van der Waals surface area contributed by atoms with Gasteiger partial charge in [-0.15, -0.1) is 11.3 Å². The Kier molecular flexibility index (Phi) is 6.44. The summed E-state index contributed by atoms with van der Waals surface area (Å²) in [4.78, 5) is 19.2. The van der Waals surface area contributed by atoms with Crippen LogP contribution in [0.4, 0.5) is 5.13 Å². The number of anilines is 1.